The number of benzene rings is 1. The number of carbonyl (C=O) groups excluding carboxylic acids is 4. The van der Waals surface area contributed by atoms with E-state index in [0.717, 1.165) is 30.6 Å². The monoisotopic (exact) mass is 432 g/mol. The molecule has 0 radical (unpaired) electrons. The summed E-state index contributed by atoms with van der Waals surface area (Å²) >= 11 is 0. The number of ether oxygens (including phenoxy) is 1. The van der Waals surface area contributed by atoms with Crippen molar-refractivity contribution in [2.75, 3.05) is 50.8 Å². The maximum absolute atomic E-state index is 14.9. The third-order valence-corrected chi connectivity index (χ3v) is 5.98. The van der Waals surface area contributed by atoms with Crippen LogP contribution in [0.1, 0.15) is 40.5 Å². The van der Waals surface area contributed by atoms with Gasteiger partial charge in [-0.25, -0.2) is 4.39 Å². The topological polar surface area (TPSA) is 99.3 Å². The van der Waals surface area contributed by atoms with E-state index in [0.29, 0.717) is 26.3 Å². The van der Waals surface area contributed by atoms with Gasteiger partial charge < -0.3 is 9.64 Å². The van der Waals surface area contributed by atoms with E-state index in [1.807, 2.05) is 11.8 Å². The largest absolute Gasteiger partial charge is 0.380 e. The van der Waals surface area contributed by atoms with Gasteiger partial charge >= 0.3 is 0 Å². The van der Waals surface area contributed by atoms with Gasteiger partial charge in [0.2, 0.25) is 11.8 Å². The van der Waals surface area contributed by atoms with E-state index < -0.39 is 35.5 Å². The normalized spacial score (nSPS) is 22.2. The van der Waals surface area contributed by atoms with E-state index in [1.165, 1.54) is 6.07 Å². The van der Waals surface area contributed by atoms with E-state index in [2.05, 4.69) is 10.2 Å². The molecule has 1 N–H and O–H groups in total. The zero-order chi connectivity index (χ0) is 22.1. The summed E-state index contributed by atoms with van der Waals surface area (Å²) in [7, 11) is 0. The van der Waals surface area contributed by atoms with Crippen molar-refractivity contribution in [2.24, 2.45) is 0 Å². The van der Waals surface area contributed by atoms with E-state index in [9.17, 15) is 23.6 Å². The highest BCUT2D eigenvalue weighted by Gasteiger charge is 2.45. The molecule has 2 saturated heterocycles. The third-order valence-electron chi connectivity index (χ3n) is 5.98. The number of hydrogen-bond acceptors (Lipinski definition) is 7. The summed E-state index contributed by atoms with van der Waals surface area (Å²) in [6, 6.07) is 1.43. The third kappa shape index (κ3) is 4.05. The number of halogens is 1. The van der Waals surface area contributed by atoms with Crippen LogP contribution in [0.15, 0.2) is 12.1 Å². The maximum atomic E-state index is 14.9. The first-order valence-electron chi connectivity index (χ1n) is 10.5. The van der Waals surface area contributed by atoms with Gasteiger partial charge in [0.25, 0.3) is 11.8 Å². The average Bonchev–Trinajstić information content (AvgIpc) is 2.98. The Morgan fingerprint density at radius 1 is 1.06 bits per heavy atom. The lowest BCUT2D eigenvalue weighted by Crippen LogP contribution is -2.54. The van der Waals surface area contributed by atoms with E-state index in [4.69, 9.17) is 4.74 Å². The lowest BCUT2D eigenvalue weighted by molar-refractivity contribution is -0.136. The van der Waals surface area contributed by atoms with Gasteiger partial charge in [-0.2, -0.15) is 0 Å². The first-order chi connectivity index (χ1) is 14.9. The van der Waals surface area contributed by atoms with E-state index in [1.54, 1.807) is 0 Å². The number of rotatable bonds is 6. The van der Waals surface area contributed by atoms with Gasteiger partial charge in [0.1, 0.15) is 11.9 Å². The molecule has 10 heteroatoms. The van der Waals surface area contributed by atoms with Crippen molar-refractivity contribution < 1.29 is 28.3 Å². The molecular weight excluding hydrogens is 407 g/mol. The summed E-state index contributed by atoms with van der Waals surface area (Å²) in [5.41, 5.74) is 0.311. The van der Waals surface area contributed by atoms with Crippen molar-refractivity contribution in [3.05, 3.63) is 29.1 Å². The van der Waals surface area contributed by atoms with Gasteiger partial charge in [-0.05, 0) is 25.5 Å². The lowest BCUT2D eigenvalue weighted by atomic mass is 10.0. The predicted molar refractivity (Wildman–Crippen MR) is 108 cm³/mol. The fourth-order valence-electron chi connectivity index (χ4n) is 4.27. The highest BCUT2D eigenvalue weighted by atomic mass is 19.1. The minimum Gasteiger partial charge on any atom is -0.380 e. The molecule has 3 heterocycles. The molecule has 4 rings (SSSR count). The molecule has 1 aromatic rings. The van der Waals surface area contributed by atoms with Crippen LogP contribution in [0.5, 0.6) is 0 Å². The summed E-state index contributed by atoms with van der Waals surface area (Å²) in [5, 5.41) is 2.15. The Balaban J connectivity index is 1.50. The molecule has 0 spiro atoms. The summed E-state index contributed by atoms with van der Waals surface area (Å²) < 4.78 is 20.3. The van der Waals surface area contributed by atoms with Gasteiger partial charge in [0, 0.05) is 45.8 Å². The van der Waals surface area contributed by atoms with Crippen molar-refractivity contribution in [3.63, 3.8) is 0 Å². The minimum absolute atomic E-state index is 0.0387. The Labute approximate surface area is 179 Å². The molecule has 2 fully saturated rings. The first kappa shape index (κ1) is 21.4. The van der Waals surface area contributed by atoms with Crippen LogP contribution in [-0.2, 0) is 14.3 Å². The second-order valence-corrected chi connectivity index (χ2v) is 7.82. The summed E-state index contributed by atoms with van der Waals surface area (Å²) in [4.78, 5) is 54.2. The molecule has 0 aliphatic carbocycles. The quantitative estimate of drug-likeness (QED) is 0.513. The molecule has 1 aromatic carbocycles. The van der Waals surface area contributed by atoms with E-state index in [-0.39, 0.29) is 29.7 Å². The Kier molecular flexibility index (Phi) is 6.01. The molecule has 1 unspecified atom stereocenters. The van der Waals surface area contributed by atoms with Crippen LogP contribution in [-0.4, -0.2) is 85.4 Å². The number of piperidine rings is 1. The molecule has 3 aliphatic heterocycles. The van der Waals surface area contributed by atoms with Gasteiger partial charge in [-0.1, -0.05) is 0 Å². The van der Waals surface area contributed by atoms with Crippen LogP contribution in [0.3, 0.4) is 0 Å². The SMILES string of the molecule is CCOCCN1CCN(c2cc3c(cc2F)C(=O)N(C2CCC(=O)NC2=O)C3=O)CC1. The van der Waals surface area contributed by atoms with Crippen molar-refractivity contribution in [1.82, 2.24) is 15.1 Å². The number of piperazine rings is 1. The van der Waals surface area contributed by atoms with Gasteiger partial charge in [0.15, 0.2) is 0 Å². The minimum atomic E-state index is -1.06. The molecular formula is C21H25FN4O5. The smallest absolute Gasteiger partial charge is 0.262 e. The number of hydrogen-bond donors (Lipinski definition) is 1. The maximum Gasteiger partial charge on any atom is 0.262 e. The Morgan fingerprint density at radius 3 is 2.39 bits per heavy atom. The molecule has 1 atom stereocenters. The number of carbonyl (C=O) groups is 4. The highest BCUT2D eigenvalue weighted by Crippen LogP contribution is 2.33. The standard InChI is InChI=1S/C21H25FN4O5/c1-2-31-10-9-24-5-7-25(8-6-24)17-12-14-13(11-15(17)22)20(29)26(21(14)30)16-3-4-18(27)23-19(16)28/h11-12,16H,2-10H2,1H3,(H,23,27,28). The predicted octanol–water partition coefficient (Wildman–Crippen LogP) is 0.385. The Hall–Kier alpha value is -2.85. The van der Waals surface area contributed by atoms with Crippen LogP contribution in [0.25, 0.3) is 0 Å². The van der Waals surface area contributed by atoms with Gasteiger partial charge in [0.05, 0.1) is 23.4 Å². The summed E-state index contributed by atoms with van der Waals surface area (Å²) in [5.74, 6) is -3.04. The van der Waals surface area contributed by atoms with Gasteiger partial charge in [-0.15, -0.1) is 0 Å². The second-order valence-electron chi connectivity index (χ2n) is 7.82. The van der Waals surface area contributed by atoms with Crippen LogP contribution >= 0.6 is 0 Å². The number of nitrogens with zero attached hydrogens (tertiary/aromatic N) is 3. The molecule has 0 saturated carbocycles. The summed E-state index contributed by atoms with van der Waals surface area (Å²) in [6.07, 6.45) is 0.103. The number of amides is 4. The fraction of sp³-hybridized carbons (Fsp3) is 0.524. The second kappa shape index (κ2) is 8.72. The molecule has 9 nitrogen and oxygen atoms in total. The molecule has 166 valence electrons. The molecule has 31 heavy (non-hydrogen) atoms. The molecule has 0 aromatic heterocycles. The average molecular weight is 432 g/mol. The van der Waals surface area contributed by atoms with Crippen LogP contribution < -0.4 is 10.2 Å². The van der Waals surface area contributed by atoms with Crippen LogP contribution in [0, 0.1) is 5.82 Å². The van der Waals surface area contributed by atoms with Crippen molar-refractivity contribution in [1.29, 1.82) is 0 Å². The van der Waals surface area contributed by atoms with E-state index >= 15 is 0 Å². The van der Waals surface area contributed by atoms with Crippen LogP contribution in [0.4, 0.5) is 10.1 Å². The Morgan fingerprint density at radius 2 is 1.74 bits per heavy atom. The lowest BCUT2D eigenvalue weighted by Gasteiger charge is -2.36. The summed E-state index contributed by atoms with van der Waals surface area (Å²) in [6.45, 7) is 6.71. The highest BCUT2D eigenvalue weighted by molar-refractivity contribution is 6.23. The van der Waals surface area contributed by atoms with Gasteiger partial charge in [-0.3, -0.25) is 34.3 Å². The number of anilines is 1. The van der Waals surface area contributed by atoms with Crippen molar-refractivity contribution in [3.8, 4) is 0 Å². The molecule has 0 bridgehead atoms. The number of nitrogens with one attached hydrogen (secondary N) is 1. The van der Waals surface area contributed by atoms with Crippen molar-refractivity contribution >= 4 is 29.3 Å². The number of fused-ring (bicyclic) bond motifs is 1. The molecule has 4 amide bonds. The zero-order valence-electron chi connectivity index (χ0n) is 17.4. The molecule has 3 aliphatic rings. The Bertz CT molecular complexity index is 929. The zero-order valence-corrected chi connectivity index (χ0v) is 17.4. The van der Waals surface area contributed by atoms with Crippen molar-refractivity contribution in [2.45, 2.75) is 25.8 Å². The number of imide groups is 2. The van der Waals surface area contributed by atoms with Crippen LogP contribution in [0.2, 0.25) is 0 Å². The first-order valence-corrected chi connectivity index (χ1v) is 10.5. The fourth-order valence-corrected chi connectivity index (χ4v) is 4.27.